The predicted octanol–water partition coefficient (Wildman–Crippen LogP) is 4.44. The third-order valence-corrected chi connectivity index (χ3v) is 4.80. The number of amides is 3. The highest BCUT2D eigenvalue weighted by atomic mass is 16.3. The van der Waals surface area contributed by atoms with Crippen molar-refractivity contribution >= 4 is 39.9 Å². The third-order valence-electron chi connectivity index (χ3n) is 4.80. The average Bonchev–Trinajstić information content (AvgIpc) is 3.34. The van der Waals surface area contributed by atoms with Gasteiger partial charge in [0.1, 0.15) is 0 Å². The zero-order valence-electron chi connectivity index (χ0n) is 17.1. The van der Waals surface area contributed by atoms with Crippen molar-refractivity contribution in [3.63, 3.8) is 0 Å². The Balaban J connectivity index is 1.27. The molecule has 3 amide bonds. The fraction of sp³-hybridized carbons (Fsp3) is 0.0800. The molecule has 0 radical (unpaired) electrons. The maximum atomic E-state index is 12.4. The van der Waals surface area contributed by atoms with Crippen molar-refractivity contribution in [3.05, 3.63) is 96.4 Å². The third kappa shape index (κ3) is 5.20. The van der Waals surface area contributed by atoms with Crippen LogP contribution in [0.2, 0.25) is 0 Å². The summed E-state index contributed by atoms with van der Waals surface area (Å²) in [6, 6.07) is 23.3. The van der Waals surface area contributed by atoms with Crippen molar-refractivity contribution in [2.24, 2.45) is 0 Å². The van der Waals surface area contributed by atoms with Crippen LogP contribution in [0, 0.1) is 0 Å². The van der Waals surface area contributed by atoms with E-state index in [0.717, 1.165) is 10.8 Å². The second-order valence-corrected chi connectivity index (χ2v) is 7.13. The molecule has 0 spiro atoms. The minimum Gasteiger partial charge on any atom is -0.459 e. The minimum atomic E-state index is -0.380. The lowest BCUT2D eigenvalue weighted by Gasteiger charge is -2.09. The monoisotopic (exact) mass is 427 g/mol. The molecular formula is C25H21N3O4. The first kappa shape index (κ1) is 20.9. The van der Waals surface area contributed by atoms with Crippen molar-refractivity contribution in [1.82, 2.24) is 5.32 Å². The molecular weight excluding hydrogens is 406 g/mol. The van der Waals surface area contributed by atoms with Crippen molar-refractivity contribution in [3.8, 4) is 0 Å². The highest BCUT2D eigenvalue weighted by Crippen LogP contribution is 2.17. The van der Waals surface area contributed by atoms with E-state index in [9.17, 15) is 14.4 Å². The summed E-state index contributed by atoms with van der Waals surface area (Å²) in [6.07, 6.45) is 1.53. The molecule has 160 valence electrons. The van der Waals surface area contributed by atoms with Gasteiger partial charge in [0.25, 0.3) is 11.8 Å². The summed E-state index contributed by atoms with van der Waals surface area (Å²) in [4.78, 5) is 36.7. The van der Waals surface area contributed by atoms with Crippen LogP contribution in [-0.2, 0) is 4.79 Å². The molecule has 0 aliphatic rings. The number of carbonyl (C=O) groups excluding carboxylic acids is 3. The quantitative estimate of drug-likeness (QED) is 0.406. The maximum Gasteiger partial charge on any atom is 0.291 e. The number of rotatable bonds is 7. The van der Waals surface area contributed by atoms with Crippen LogP contribution in [0.25, 0.3) is 10.8 Å². The zero-order valence-corrected chi connectivity index (χ0v) is 17.1. The van der Waals surface area contributed by atoms with E-state index in [-0.39, 0.29) is 36.4 Å². The van der Waals surface area contributed by atoms with E-state index < -0.39 is 0 Å². The molecule has 0 aliphatic carbocycles. The number of hydrogen-bond donors (Lipinski definition) is 3. The first-order valence-corrected chi connectivity index (χ1v) is 10.1. The van der Waals surface area contributed by atoms with Crippen LogP contribution in [0.4, 0.5) is 11.4 Å². The molecule has 1 heterocycles. The number of nitrogens with one attached hydrogen (secondary N) is 3. The van der Waals surface area contributed by atoms with Gasteiger partial charge in [-0.1, -0.05) is 36.4 Å². The lowest BCUT2D eigenvalue weighted by molar-refractivity contribution is -0.116. The summed E-state index contributed by atoms with van der Waals surface area (Å²) >= 11 is 0. The Bertz CT molecular complexity index is 1270. The molecule has 1 aromatic heterocycles. The van der Waals surface area contributed by atoms with E-state index in [4.69, 9.17) is 4.42 Å². The first-order chi connectivity index (χ1) is 15.6. The van der Waals surface area contributed by atoms with Gasteiger partial charge in [0.2, 0.25) is 5.91 Å². The molecule has 0 bridgehead atoms. The molecule has 32 heavy (non-hydrogen) atoms. The minimum absolute atomic E-state index is 0.113. The maximum absolute atomic E-state index is 12.4. The fourth-order valence-corrected chi connectivity index (χ4v) is 3.22. The number of carbonyl (C=O) groups is 3. The van der Waals surface area contributed by atoms with Crippen LogP contribution in [0.15, 0.2) is 89.5 Å². The Morgan fingerprint density at radius 2 is 1.50 bits per heavy atom. The molecule has 3 aromatic carbocycles. The fourth-order valence-electron chi connectivity index (χ4n) is 3.22. The SMILES string of the molecule is O=C(CCNC(=O)c1ccc2ccccc2c1)Nc1cccc(NC(=O)c2ccco2)c1. The van der Waals surface area contributed by atoms with E-state index in [2.05, 4.69) is 16.0 Å². The van der Waals surface area contributed by atoms with Gasteiger partial charge >= 0.3 is 0 Å². The second-order valence-electron chi connectivity index (χ2n) is 7.13. The smallest absolute Gasteiger partial charge is 0.291 e. The topological polar surface area (TPSA) is 100 Å². The van der Waals surface area contributed by atoms with Crippen LogP contribution in [0.3, 0.4) is 0 Å². The summed E-state index contributed by atoms with van der Waals surface area (Å²) in [7, 11) is 0. The van der Waals surface area contributed by atoms with Crippen LogP contribution >= 0.6 is 0 Å². The van der Waals surface area contributed by atoms with Gasteiger partial charge < -0.3 is 20.4 Å². The van der Waals surface area contributed by atoms with Gasteiger partial charge in [-0.2, -0.15) is 0 Å². The van der Waals surface area contributed by atoms with Gasteiger partial charge in [-0.05, 0) is 53.2 Å². The van der Waals surface area contributed by atoms with Crippen LogP contribution in [-0.4, -0.2) is 24.3 Å². The molecule has 0 atom stereocenters. The number of fused-ring (bicyclic) bond motifs is 1. The average molecular weight is 427 g/mol. The number of hydrogen-bond acceptors (Lipinski definition) is 4. The van der Waals surface area contributed by atoms with Gasteiger partial charge in [-0.3, -0.25) is 14.4 Å². The van der Waals surface area contributed by atoms with Gasteiger partial charge in [-0.25, -0.2) is 0 Å². The Labute approximate surface area is 184 Å². The molecule has 0 fully saturated rings. The predicted molar refractivity (Wildman–Crippen MR) is 123 cm³/mol. The van der Waals surface area contributed by atoms with Gasteiger partial charge in [0.15, 0.2) is 5.76 Å². The summed E-state index contributed by atoms with van der Waals surface area (Å²) in [5, 5.41) is 10.3. The molecule has 0 aliphatic heterocycles. The molecule has 0 saturated carbocycles. The molecule has 7 heteroatoms. The van der Waals surface area contributed by atoms with E-state index in [1.54, 1.807) is 42.5 Å². The van der Waals surface area contributed by atoms with Gasteiger partial charge in [0, 0.05) is 29.9 Å². The number of furan rings is 1. The largest absolute Gasteiger partial charge is 0.459 e. The van der Waals surface area contributed by atoms with Crippen molar-refractivity contribution < 1.29 is 18.8 Å². The Kier molecular flexibility index (Phi) is 6.27. The first-order valence-electron chi connectivity index (χ1n) is 10.1. The summed E-state index contributed by atoms with van der Waals surface area (Å²) < 4.78 is 5.06. The standard InChI is InChI=1S/C25H21N3O4/c29-23(12-13-26-24(30)19-11-10-17-5-1-2-6-18(17)15-19)27-20-7-3-8-21(16-20)28-25(31)22-9-4-14-32-22/h1-11,14-16H,12-13H2,(H,26,30)(H,27,29)(H,28,31). The van der Waals surface area contributed by atoms with E-state index in [1.165, 1.54) is 6.26 Å². The second kappa shape index (κ2) is 9.61. The highest BCUT2D eigenvalue weighted by molar-refractivity contribution is 6.03. The van der Waals surface area contributed by atoms with E-state index >= 15 is 0 Å². The molecule has 3 N–H and O–H groups in total. The Morgan fingerprint density at radius 1 is 0.719 bits per heavy atom. The van der Waals surface area contributed by atoms with E-state index in [1.807, 2.05) is 36.4 Å². The lowest BCUT2D eigenvalue weighted by atomic mass is 10.1. The molecule has 0 unspecified atom stereocenters. The molecule has 4 rings (SSSR count). The van der Waals surface area contributed by atoms with E-state index in [0.29, 0.717) is 16.9 Å². The molecule has 4 aromatic rings. The Morgan fingerprint density at radius 3 is 2.28 bits per heavy atom. The van der Waals surface area contributed by atoms with Gasteiger partial charge in [0.05, 0.1) is 6.26 Å². The molecule has 7 nitrogen and oxygen atoms in total. The van der Waals surface area contributed by atoms with Crippen molar-refractivity contribution in [2.75, 3.05) is 17.2 Å². The normalized spacial score (nSPS) is 10.5. The van der Waals surface area contributed by atoms with Crippen LogP contribution in [0.5, 0.6) is 0 Å². The Hall–Kier alpha value is -4.39. The molecule has 0 saturated heterocycles. The van der Waals surface area contributed by atoms with Gasteiger partial charge in [-0.15, -0.1) is 0 Å². The lowest BCUT2D eigenvalue weighted by Crippen LogP contribution is -2.27. The van der Waals surface area contributed by atoms with Crippen molar-refractivity contribution in [2.45, 2.75) is 6.42 Å². The van der Waals surface area contributed by atoms with Crippen LogP contribution < -0.4 is 16.0 Å². The summed E-state index contributed by atoms with van der Waals surface area (Å²) in [5.74, 6) is -0.666. The summed E-state index contributed by atoms with van der Waals surface area (Å²) in [5.41, 5.74) is 1.60. The van der Waals surface area contributed by atoms with Crippen molar-refractivity contribution in [1.29, 1.82) is 0 Å². The van der Waals surface area contributed by atoms with Crippen LogP contribution in [0.1, 0.15) is 27.3 Å². The zero-order chi connectivity index (χ0) is 22.3. The number of benzene rings is 3. The highest BCUT2D eigenvalue weighted by Gasteiger charge is 2.10. The number of anilines is 2. The summed E-state index contributed by atoms with van der Waals surface area (Å²) in [6.45, 7) is 0.201.